The zero-order chi connectivity index (χ0) is 20.5. The van der Waals surface area contributed by atoms with Crippen molar-refractivity contribution in [2.45, 2.75) is 12.8 Å². The van der Waals surface area contributed by atoms with Crippen LogP contribution < -0.4 is 20.1 Å². The Bertz CT molecular complexity index is 931. The molecule has 7 nitrogen and oxygen atoms in total. The van der Waals surface area contributed by atoms with Crippen molar-refractivity contribution in [2.24, 2.45) is 0 Å². The highest BCUT2D eigenvalue weighted by Gasteiger charge is 2.07. The molecule has 0 atom stereocenters. The van der Waals surface area contributed by atoms with E-state index in [9.17, 15) is 4.79 Å². The summed E-state index contributed by atoms with van der Waals surface area (Å²) in [6.45, 7) is 0.684. The number of anilines is 2. The van der Waals surface area contributed by atoms with Crippen LogP contribution in [0.15, 0.2) is 60.7 Å². The number of nitrogens with zero attached hydrogens (tertiary/aromatic N) is 2. The lowest BCUT2D eigenvalue weighted by atomic mass is 10.1. The van der Waals surface area contributed by atoms with Gasteiger partial charge in [0.1, 0.15) is 5.82 Å². The Balaban J connectivity index is 1.47. The summed E-state index contributed by atoms with van der Waals surface area (Å²) >= 11 is 0. The van der Waals surface area contributed by atoms with Crippen LogP contribution in [0.2, 0.25) is 0 Å². The maximum Gasteiger partial charge on any atom is 0.229 e. The Morgan fingerprint density at radius 2 is 1.59 bits per heavy atom. The second kappa shape index (κ2) is 10.1. The van der Waals surface area contributed by atoms with Crippen LogP contribution in [-0.4, -0.2) is 36.9 Å². The molecular formula is C22H24N4O3. The van der Waals surface area contributed by atoms with Crippen molar-refractivity contribution in [1.29, 1.82) is 0 Å². The summed E-state index contributed by atoms with van der Waals surface area (Å²) in [5.41, 5.74) is 2.07. The molecule has 0 saturated carbocycles. The van der Waals surface area contributed by atoms with Crippen molar-refractivity contribution in [2.75, 3.05) is 31.4 Å². The van der Waals surface area contributed by atoms with E-state index < -0.39 is 0 Å². The fourth-order valence-electron chi connectivity index (χ4n) is 2.83. The van der Waals surface area contributed by atoms with E-state index in [1.807, 2.05) is 48.5 Å². The van der Waals surface area contributed by atoms with E-state index >= 15 is 0 Å². The van der Waals surface area contributed by atoms with E-state index in [0.717, 1.165) is 17.5 Å². The van der Waals surface area contributed by atoms with Gasteiger partial charge in [-0.3, -0.25) is 4.79 Å². The van der Waals surface area contributed by atoms with Gasteiger partial charge in [0, 0.05) is 6.54 Å². The van der Waals surface area contributed by atoms with Gasteiger partial charge in [-0.2, -0.15) is 0 Å². The highest BCUT2D eigenvalue weighted by Crippen LogP contribution is 2.27. The average molecular weight is 392 g/mol. The molecule has 3 aromatic rings. The molecular weight excluding hydrogens is 368 g/mol. The van der Waals surface area contributed by atoms with Gasteiger partial charge >= 0.3 is 0 Å². The molecule has 3 rings (SSSR count). The summed E-state index contributed by atoms with van der Waals surface area (Å²) in [6, 6.07) is 18.9. The molecule has 0 radical (unpaired) electrons. The van der Waals surface area contributed by atoms with Crippen molar-refractivity contribution in [1.82, 2.24) is 10.2 Å². The fraction of sp³-hybridized carbons (Fsp3) is 0.227. The van der Waals surface area contributed by atoms with Crippen LogP contribution in [0.3, 0.4) is 0 Å². The predicted octanol–water partition coefficient (Wildman–Crippen LogP) is 3.33. The van der Waals surface area contributed by atoms with Gasteiger partial charge in [0.25, 0.3) is 0 Å². The number of hydrogen-bond donors (Lipinski definition) is 2. The van der Waals surface area contributed by atoms with Crippen LogP contribution in [0, 0.1) is 0 Å². The van der Waals surface area contributed by atoms with E-state index in [-0.39, 0.29) is 5.91 Å². The molecule has 1 amide bonds. The second-order valence-electron chi connectivity index (χ2n) is 6.38. The number of carbonyl (C=O) groups is 1. The summed E-state index contributed by atoms with van der Waals surface area (Å²) in [6.07, 6.45) is 1.09. The van der Waals surface area contributed by atoms with Gasteiger partial charge in [-0.15, -0.1) is 10.2 Å². The number of amides is 1. The molecule has 2 aromatic carbocycles. The van der Waals surface area contributed by atoms with Gasteiger partial charge in [0.05, 0.1) is 20.6 Å². The highest BCUT2D eigenvalue weighted by molar-refractivity contribution is 5.91. The second-order valence-corrected chi connectivity index (χ2v) is 6.38. The molecule has 2 N–H and O–H groups in total. The maximum absolute atomic E-state index is 12.1. The molecule has 0 aliphatic heterocycles. The van der Waals surface area contributed by atoms with E-state index in [1.54, 1.807) is 26.4 Å². The third-order valence-electron chi connectivity index (χ3n) is 4.31. The SMILES string of the molecule is COc1ccc(CCNc2ccc(NC(=O)Cc3ccccc3)nn2)cc1OC. The zero-order valence-electron chi connectivity index (χ0n) is 16.5. The summed E-state index contributed by atoms with van der Waals surface area (Å²) in [7, 11) is 3.24. The number of rotatable bonds is 9. The quantitative estimate of drug-likeness (QED) is 0.581. The minimum Gasteiger partial charge on any atom is -0.493 e. The highest BCUT2D eigenvalue weighted by atomic mass is 16.5. The van der Waals surface area contributed by atoms with Crippen molar-refractivity contribution in [3.05, 3.63) is 71.8 Å². The molecule has 0 saturated heterocycles. The number of benzene rings is 2. The van der Waals surface area contributed by atoms with E-state index in [2.05, 4.69) is 20.8 Å². The minimum absolute atomic E-state index is 0.125. The number of carbonyl (C=O) groups excluding carboxylic acids is 1. The van der Waals surface area contributed by atoms with Crippen molar-refractivity contribution in [3.63, 3.8) is 0 Å². The molecule has 1 heterocycles. The lowest BCUT2D eigenvalue weighted by molar-refractivity contribution is -0.115. The van der Waals surface area contributed by atoms with E-state index in [0.29, 0.717) is 36.1 Å². The first-order valence-corrected chi connectivity index (χ1v) is 9.30. The van der Waals surface area contributed by atoms with E-state index in [4.69, 9.17) is 9.47 Å². The zero-order valence-corrected chi connectivity index (χ0v) is 16.5. The summed E-state index contributed by atoms with van der Waals surface area (Å²) in [5.74, 6) is 2.36. The third-order valence-corrected chi connectivity index (χ3v) is 4.31. The molecule has 29 heavy (non-hydrogen) atoms. The Morgan fingerprint density at radius 1 is 0.862 bits per heavy atom. The largest absolute Gasteiger partial charge is 0.493 e. The van der Waals surface area contributed by atoms with Crippen LogP contribution in [-0.2, 0) is 17.6 Å². The van der Waals surface area contributed by atoms with Crippen LogP contribution >= 0.6 is 0 Å². The first-order chi connectivity index (χ1) is 14.2. The van der Waals surface area contributed by atoms with Crippen LogP contribution in [0.25, 0.3) is 0 Å². The fourth-order valence-corrected chi connectivity index (χ4v) is 2.83. The first kappa shape index (κ1) is 20.1. The number of hydrogen-bond acceptors (Lipinski definition) is 6. The molecule has 0 aliphatic rings. The Kier molecular flexibility index (Phi) is 7.00. The van der Waals surface area contributed by atoms with Crippen molar-refractivity contribution < 1.29 is 14.3 Å². The molecule has 0 fully saturated rings. The standard InChI is InChI=1S/C22H24N4O3/c1-28-18-9-8-17(14-19(18)29-2)12-13-23-20-10-11-21(26-25-20)24-22(27)15-16-6-4-3-5-7-16/h3-11,14H,12-13,15H2,1-2H3,(H,23,25)(H,24,26,27). The van der Waals surface area contributed by atoms with Crippen LogP contribution in [0.1, 0.15) is 11.1 Å². The van der Waals surface area contributed by atoms with Crippen molar-refractivity contribution in [3.8, 4) is 11.5 Å². The smallest absolute Gasteiger partial charge is 0.229 e. The minimum atomic E-state index is -0.125. The molecule has 0 aliphatic carbocycles. The molecule has 7 heteroatoms. The Morgan fingerprint density at radius 3 is 2.28 bits per heavy atom. The maximum atomic E-state index is 12.1. The lowest BCUT2D eigenvalue weighted by Gasteiger charge is -2.10. The van der Waals surface area contributed by atoms with Gasteiger partial charge in [-0.1, -0.05) is 36.4 Å². The molecule has 0 spiro atoms. The Hall–Kier alpha value is -3.61. The molecule has 0 bridgehead atoms. The number of ether oxygens (including phenoxy) is 2. The number of aromatic nitrogens is 2. The van der Waals surface area contributed by atoms with Gasteiger partial charge in [-0.05, 0) is 41.8 Å². The average Bonchev–Trinajstić information content (AvgIpc) is 2.75. The monoisotopic (exact) mass is 392 g/mol. The molecule has 150 valence electrons. The summed E-state index contributed by atoms with van der Waals surface area (Å²) < 4.78 is 10.6. The van der Waals surface area contributed by atoms with Gasteiger partial charge in [0.2, 0.25) is 5.91 Å². The molecule has 0 unspecified atom stereocenters. The van der Waals surface area contributed by atoms with Gasteiger partial charge in [0.15, 0.2) is 17.3 Å². The Labute approximate surface area is 170 Å². The predicted molar refractivity (Wildman–Crippen MR) is 113 cm³/mol. The first-order valence-electron chi connectivity index (χ1n) is 9.30. The van der Waals surface area contributed by atoms with Crippen molar-refractivity contribution >= 4 is 17.5 Å². The summed E-state index contributed by atoms with van der Waals surface area (Å²) in [5, 5.41) is 14.1. The van der Waals surface area contributed by atoms with Gasteiger partial charge in [-0.25, -0.2) is 0 Å². The normalized spacial score (nSPS) is 10.3. The van der Waals surface area contributed by atoms with E-state index in [1.165, 1.54) is 0 Å². The lowest BCUT2D eigenvalue weighted by Crippen LogP contribution is -2.16. The summed E-state index contributed by atoms with van der Waals surface area (Å²) in [4.78, 5) is 12.1. The third kappa shape index (κ3) is 5.93. The number of methoxy groups -OCH3 is 2. The van der Waals surface area contributed by atoms with Crippen LogP contribution in [0.4, 0.5) is 11.6 Å². The topological polar surface area (TPSA) is 85.4 Å². The number of nitrogens with one attached hydrogen (secondary N) is 2. The van der Waals surface area contributed by atoms with Gasteiger partial charge < -0.3 is 20.1 Å². The molecule has 1 aromatic heterocycles. The van der Waals surface area contributed by atoms with Crippen LogP contribution in [0.5, 0.6) is 11.5 Å².